The smallest absolute Gasteiger partial charge is 0.222 e. The van der Waals surface area contributed by atoms with Crippen molar-refractivity contribution in [2.45, 2.75) is 30.3 Å². The minimum Gasteiger partial charge on any atom is -0.345 e. The molecule has 0 radical (unpaired) electrons. The second-order valence-electron chi connectivity index (χ2n) is 6.08. The summed E-state index contributed by atoms with van der Waals surface area (Å²) < 4.78 is 36.8. The number of hydrogen-bond acceptors (Lipinski definition) is 4. The minimum absolute atomic E-state index is 0.128. The fourth-order valence-corrected chi connectivity index (χ4v) is 3.13. The van der Waals surface area contributed by atoms with Crippen LogP contribution in [-0.4, -0.2) is 26.6 Å². The molecule has 0 fully saturated rings. The number of carbonyl (C=O) groups is 1. The van der Waals surface area contributed by atoms with E-state index in [0.29, 0.717) is 11.1 Å². The van der Waals surface area contributed by atoms with Gasteiger partial charge in [-0.2, -0.15) is 0 Å². The van der Waals surface area contributed by atoms with Crippen LogP contribution in [0.2, 0.25) is 0 Å². The molecular weight excluding hydrogens is 343 g/mol. The summed E-state index contributed by atoms with van der Waals surface area (Å²) in [4.78, 5) is 12.3. The minimum atomic E-state index is -3.39. The van der Waals surface area contributed by atoms with E-state index >= 15 is 0 Å². The predicted octanol–water partition coefficient (Wildman–Crippen LogP) is 2.17. The Kier molecular flexibility index (Phi) is 5.92. The van der Waals surface area contributed by atoms with Crippen LogP contribution in [0.3, 0.4) is 0 Å². The third kappa shape index (κ3) is 5.37. The molecule has 0 saturated carbocycles. The zero-order valence-electron chi connectivity index (χ0n) is 14.1. The maximum Gasteiger partial charge on any atom is 0.222 e. The van der Waals surface area contributed by atoms with E-state index in [9.17, 15) is 17.6 Å². The van der Waals surface area contributed by atoms with Crippen molar-refractivity contribution >= 4 is 15.7 Å². The molecule has 0 saturated heterocycles. The Hall–Kier alpha value is -2.25. The summed E-state index contributed by atoms with van der Waals surface area (Å²) in [5.41, 5.74) is 6.89. The van der Waals surface area contributed by atoms with Gasteiger partial charge in [-0.1, -0.05) is 24.3 Å². The average Bonchev–Trinajstić information content (AvgIpc) is 2.52. The Morgan fingerprint density at radius 3 is 2.36 bits per heavy atom. The van der Waals surface area contributed by atoms with Gasteiger partial charge in [-0.25, -0.2) is 12.8 Å². The molecule has 2 aromatic rings. The lowest BCUT2D eigenvalue weighted by molar-refractivity contribution is -0.121. The van der Waals surface area contributed by atoms with Crippen LogP contribution in [0.4, 0.5) is 4.39 Å². The van der Waals surface area contributed by atoms with Crippen molar-refractivity contribution in [2.75, 3.05) is 6.26 Å². The lowest BCUT2D eigenvalue weighted by Crippen LogP contribution is -2.33. The quantitative estimate of drug-likeness (QED) is 0.822. The van der Waals surface area contributed by atoms with Gasteiger partial charge in [0.25, 0.3) is 0 Å². The van der Waals surface area contributed by atoms with Crippen LogP contribution in [0.25, 0.3) is 0 Å². The number of halogens is 1. The van der Waals surface area contributed by atoms with Crippen molar-refractivity contribution in [3.63, 3.8) is 0 Å². The van der Waals surface area contributed by atoms with Gasteiger partial charge in [0, 0.05) is 18.7 Å². The number of benzene rings is 2. The van der Waals surface area contributed by atoms with Crippen molar-refractivity contribution in [1.29, 1.82) is 0 Å². The fourth-order valence-electron chi connectivity index (χ4n) is 2.45. The summed E-state index contributed by atoms with van der Waals surface area (Å²) in [5.74, 6) is -0.664. The van der Waals surface area contributed by atoms with E-state index in [-0.39, 0.29) is 23.3 Å². The summed E-state index contributed by atoms with van der Waals surface area (Å²) in [5, 5.41) is 2.84. The SMILES string of the molecule is CC(N)CC(=O)NC(c1ccc(F)cc1)c1cccc(S(C)(=O)=O)c1. The van der Waals surface area contributed by atoms with E-state index in [1.54, 1.807) is 31.2 Å². The van der Waals surface area contributed by atoms with Crippen LogP contribution in [0.1, 0.15) is 30.5 Å². The number of rotatable bonds is 6. The van der Waals surface area contributed by atoms with Crippen LogP contribution < -0.4 is 11.1 Å². The Morgan fingerprint density at radius 2 is 1.80 bits per heavy atom. The number of hydrogen-bond donors (Lipinski definition) is 2. The number of carbonyl (C=O) groups excluding carboxylic acids is 1. The van der Waals surface area contributed by atoms with Gasteiger partial charge in [0.2, 0.25) is 5.91 Å². The van der Waals surface area contributed by atoms with Gasteiger partial charge in [0.05, 0.1) is 10.9 Å². The van der Waals surface area contributed by atoms with Gasteiger partial charge >= 0.3 is 0 Å². The lowest BCUT2D eigenvalue weighted by Gasteiger charge is -2.21. The normalized spacial score (nSPS) is 13.9. The third-order valence-electron chi connectivity index (χ3n) is 3.64. The van der Waals surface area contributed by atoms with Crippen LogP contribution in [0.15, 0.2) is 53.4 Å². The van der Waals surface area contributed by atoms with E-state index in [1.807, 2.05) is 0 Å². The third-order valence-corrected chi connectivity index (χ3v) is 4.75. The predicted molar refractivity (Wildman–Crippen MR) is 94.2 cm³/mol. The molecule has 0 aliphatic rings. The molecule has 2 unspecified atom stereocenters. The molecule has 0 heterocycles. The standard InChI is InChI=1S/C18H21FN2O3S/c1-12(20)10-17(22)21-18(13-6-8-15(19)9-7-13)14-4-3-5-16(11-14)25(2,23)24/h3-9,11-12,18H,10,20H2,1-2H3,(H,21,22). The first-order valence-electron chi connectivity index (χ1n) is 7.77. The molecule has 0 aliphatic heterocycles. The highest BCUT2D eigenvalue weighted by molar-refractivity contribution is 7.90. The molecule has 5 nitrogen and oxygen atoms in total. The van der Waals surface area contributed by atoms with E-state index in [1.165, 1.54) is 24.3 Å². The maximum absolute atomic E-state index is 13.2. The first-order valence-corrected chi connectivity index (χ1v) is 9.66. The van der Waals surface area contributed by atoms with Gasteiger partial charge in [-0.05, 0) is 42.3 Å². The van der Waals surface area contributed by atoms with Gasteiger partial charge in [0.15, 0.2) is 9.84 Å². The van der Waals surface area contributed by atoms with Gasteiger partial charge < -0.3 is 11.1 Å². The zero-order valence-corrected chi connectivity index (χ0v) is 14.9. The molecule has 3 N–H and O–H groups in total. The van der Waals surface area contributed by atoms with Crippen LogP contribution in [-0.2, 0) is 14.6 Å². The maximum atomic E-state index is 13.2. The molecule has 2 rings (SSSR count). The molecule has 0 bridgehead atoms. The Morgan fingerprint density at radius 1 is 1.16 bits per heavy atom. The molecule has 0 aliphatic carbocycles. The van der Waals surface area contributed by atoms with E-state index in [2.05, 4.69) is 5.32 Å². The highest BCUT2D eigenvalue weighted by Crippen LogP contribution is 2.25. The number of sulfone groups is 1. The highest BCUT2D eigenvalue weighted by atomic mass is 32.2. The van der Waals surface area contributed by atoms with E-state index < -0.39 is 21.7 Å². The van der Waals surface area contributed by atoms with Crippen LogP contribution in [0, 0.1) is 5.82 Å². The molecular formula is C18H21FN2O3S. The molecule has 7 heteroatoms. The molecule has 25 heavy (non-hydrogen) atoms. The van der Waals surface area contributed by atoms with Crippen molar-refractivity contribution in [3.8, 4) is 0 Å². The summed E-state index contributed by atoms with van der Waals surface area (Å²) in [6.45, 7) is 1.72. The summed E-state index contributed by atoms with van der Waals surface area (Å²) >= 11 is 0. The van der Waals surface area contributed by atoms with Crippen LogP contribution in [0.5, 0.6) is 0 Å². The molecule has 2 atom stereocenters. The van der Waals surface area contributed by atoms with Gasteiger partial charge in [-0.15, -0.1) is 0 Å². The van der Waals surface area contributed by atoms with E-state index in [0.717, 1.165) is 6.26 Å². The molecule has 134 valence electrons. The monoisotopic (exact) mass is 364 g/mol. The topological polar surface area (TPSA) is 89.3 Å². The van der Waals surface area contributed by atoms with E-state index in [4.69, 9.17) is 5.73 Å². The second-order valence-corrected chi connectivity index (χ2v) is 8.09. The van der Waals surface area contributed by atoms with Crippen molar-refractivity contribution < 1.29 is 17.6 Å². The molecule has 2 aromatic carbocycles. The Labute approximate surface area is 147 Å². The lowest BCUT2D eigenvalue weighted by atomic mass is 9.98. The average molecular weight is 364 g/mol. The Bertz CT molecular complexity index is 849. The number of amides is 1. The number of nitrogens with two attached hydrogens (primary N) is 1. The zero-order chi connectivity index (χ0) is 18.6. The summed E-state index contributed by atoms with van der Waals surface area (Å²) in [6, 6.07) is 11.1. The summed E-state index contributed by atoms with van der Waals surface area (Å²) in [7, 11) is -3.39. The largest absolute Gasteiger partial charge is 0.345 e. The van der Waals surface area contributed by atoms with Crippen LogP contribution >= 0.6 is 0 Å². The molecule has 0 spiro atoms. The number of nitrogens with one attached hydrogen (secondary N) is 1. The Balaban J connectivity index is 2.44. The summed E-state index contributed by atoms with van der Waals surface area (Å²) in [6.07, 6.45) is 1.25. The van der Waals surface area contributed by atoms with Crippen molar-refractivity contribution in [1.82, 2.24) is 5.32 Å². The van der Waals surface area contributed by atoms with Gasteiger partial charge in [-0.3, -0.25) is 4.79 Å². The highest BCUT2D eigenvalue weighted by Gasteiger charge is 2.19. The molecule has 0 aromatic heterocycles. The van der Waals surface area contributed by atoms with Crippen molar-refractivity contribution in [3.05, 3.63) is 65.5 Å². The molecule has 1 amide bonds. The first kappa shape index (κ1) is 19.1. The second kappa shape index (κ2) is 7.76. The van der Waals surface area contributed by atoms with Gasteiger partial charge in [0.1, 0.15) is 5.82 Å². The van der Waals surface area contributed by atoms with Crippen molar-refractivity contribution in [2.24, 2.45) is 5.73 Å². The fraction of sp³-hybridized carbons (Fsp3) is 0.278. The first-order chi connectivity index (χ1) is 11.7.